The summed E-state index contributed by atoms with van der Waals surface area (Å²) in [7, 11) is -3.13. The summed E-state index contributed by atoms with van der Waals surface area (Å²) in [6.45, 7) is 0.282. The van der Waals surface area contributed by atoms with Gasteiger partial charge in [-0.2, -0.15) is 0 Å². The molecule has 0 spiro atoms. The summed E-state index contributed by atoms with van der Waals surface area (Å²) in [5.41, 5.74) is 8.30. The monoisotopic (exact) mass is 409 g/mol. The summed E-state index contributed by atoms with van der Waals surface area (Å²) in [5.74, 6) is 1.63. The Morgan fingerprint density at radius 2 is 1.59 bits per heavy atom. The van der Waals surface area contributed by atoms with Crippen LogP contribution < -0.4 is 15.8 Å². The molecule has 0 radical (unpaired) electrons. The molecule has 150 valence electrons. The predicted octanol–water partition coefficient (Wildman–Crippen LogP) is 3.95. The number of aliphatic imine (C=N–C) groups is 1. The smallest absolute Gasteiger partial charge is 0.193 e. The van der Waals surface area contributed by atoms with Gasteiger partial charge in [-0.15, -0.1) is 0 Å². The molecule has 0 atom stereocenters. The van der Waals surface area contributed by atoms with Crippen molar-refractivity contribution in [1.82, 2.24) is 0 Å². The third-order valence-corrected chi connectivity index (χ3v) is 4.88. The van der Waals surface area contributed by atoms with Crippen molar-refractivity contribution in [3.8, 4) is 11.5 Å². The summed E-state index contributed by atoms with van der Waals surface area (Å²) in [6.07, 6.45) is 1.22. The molecule has 6 nitrogen and oxygen atoms in total. The standard InChI is InChI=1S/C22H23N3O3S/c1-29(26,27)16-18-9-6-5-8-17(18)15-24-22(23)25-19-10-7-13-21(14-19)28-20-11-3-2-4-12-20/h2-14H,15-16H2,1H3,(H3,23,24,25). The van der Waals surface area contributed by atoms with Crippen LogP contribution in [0.4, 0.5) is 5.69 Å². The highest BCUT2D eigenvalue weighted by atomic mass is 32.2. The van der Waals surface area contributed by atoms with Crippen molar-refractivity contribution in [3.63, 3.8) is 0 Å². The van der Waals surface area contributed by atoms with E-state index in [1.165, 1.54) is 6.26 Å². The van der Waals surface area contributed by atoms with Crippen LogP contribution in [0.5, 0.6) is 11.5 Å². The lowest BCUT2D eigenvalue weighted by Gasteiger charge is -2.10. The number of ether oxygens (including phenoxy) is 1. The largest absolute Gasteiger partial charge is 0.457 e. The Morgan fingerprint density at radius 1 is 0.931 bits per heavy atom. The van der Waals surface area contributed by atoms with Crippen LogP contribution in [0, 0.1) is 0 Å². The Balaban J connectivity index is 1.67. The molecule has 3 aromatic carbocycles. The van der Waals surface area contributed by atoms with Crippen molar-refractivity contribution in [3.05, 3.63) is 90.0 Å². The maximum absolute atomic E-state index is 11.6. The third-order valence-electron chi connectivity index (χ3n) is 4.04. The Morgan fingerprint density at radius 3 is 2.31 bits per heavy atom. The topological polar surface area (TPSA) is 93.8 Å². The second-order valence-electron chi connectivity index (χ2n) is 6.61. The van der Waals surface area contributed by atoms with Crippen molar-refractivity contribution in [1.29, 1.82) is 0 Å². The second kappa shape index (κ2) is 9.25. The van der Waals surface area contributed by atoms with E-state index in [2.05, 4.69) is 10.3 Å². The Hall–Kier alpha value is -3.32. The molecule has 0 aliphatic rings. The number of sulfone groups is 1. The van der Waals surface area contributed by atoms with Gasteiger partial charge in [-0.1, -0.05) is 48.5 Å². The number of nitrogens with two attached hydrogens (primary N) is 1. The van der Waals surface area contributed by atoms with E-state index < -0.39 is 9.84 Å². The van der Waals surface area contributed by atoms with Crippen LogP contribution in [0.2, 0.25) is 0 Å². The molecule has 29 heavy (non-hydrogen) atoms. The molecule has 0 aliphatic carbocycles. The van der Waals surface area contributed by atoms with Crippen LogP contribution in [0.25, 0.3) is 0 Å². The van der Waals surface area contributed by atoms with Crippen molar-refractivity contribution in [2.75, 3.05) is 11.6 Å². The number of nitrogens with one attached hydrogen (secondary N) is 1. The summed E-state index contributed by atoms with van der Waals surface area (Å²) < 4.78 is 29.0. The first-order chi connectivity index (χ1) is 13.9. The normalized spacial score (nSPS) is 11.8. The first-order valence-corrected chi connectivity index (χ1v) is 11.1. The lowest BCUT2D eigenvalue weighted by atomic mass is 10.1. The number of anilines is 1. The molecular weight excluding hydrogens is 386 g/mol. The molecule has 7 heteroatoms. The minimum atomic E-state index is -3.13. The van der Waals surface area contributed by atoms with E-state index in [0.29, 0.717) is 5.75 Å². The maximum atomic E-state index is 11.6. The average molecular weight is 410 g/mol. The van der Waals surface area contributed by atoms with E-state index in [1.807, 2.05) is 72.8 Å². The number of hydrogen-bond acceptors (Lipinski definition) is 4. The van der Waals surface area contributed by atoms with Crippen LogP contribution in [-0.4, -0.2) is 20.6 Å². The highest BCUT2D eigenvalue weighted by Crippen LogP contribution is 2.23. The molecule has 0 amide bonds. The van der Waals surface area contributed by atoms with Gasteiger partial charge in [-0.25, -0.2) is 13.4 Å². The Bertz CT molecular complexity index is 1100. The molecule has 0 saturated carbocycles. The Labute approximate surface area is 171 Å². The molecule has 0 saturated heterocycles. The number of nitrogens with zero attached hydrogens (tertiary/aromatic N) is 1. The van der Waals surface area contributed by atoms with Crippen LogP contribution in [0.1, 0.15) is 11.1 Å². The van der Waals surface area contributed by atoms with Gasteiger partial charge in [0.1, 0.15) is 11.5 Å². The summed E-state index contributed by atoms with van der Waals surface area (Å²) in [4.78, 5) is 4.34. The van der Waals surface area contributed by atoms with Crippen LogP contribution in [-0.2, 0) is 22.1 Å². The second-order valence-corrected chi connectivity index (χ2v) is 8.75. The van der Waals surface area contributed by atoms with E-state index in [9.17, 15) is 8.42 Å². The van der Waals surface area contributed by atoms with Gasteiger partial charge in [0.2, 0.25) is 0 Å². The lowest BCUT2D eigenvalue weighted by molar-refractivity contribution is 0.483. The fourth-order valence-electron chi connectivity index (χ4n) is 2.75. The number of rotatable bonds is 7. The quantitative estimate of drug-likeness (QED) is 0.455. The zero-order chi connectivity index (χ0) is 20.7. The molecule has 0 aromatic heterocycles. The summed E-state index contributed by atoms with van der Waals surface area (Å²) >= 11 is 0. The van der Waals surface area contributed by atoms with Gasteiger partial charge >= 0.3 is 0 Å². The fraction of sp³-hybridized carbons (Fsp3) is 0.136. The molecular formula is C22H23N3O3S. The highest BCUT2D eigenvalue weighted by Gasteiger charge is 2.09. The molecule has 3 N–H and O–H groups in total. The van der Waals surface area contributed by atoms with E-state index >= 15 is 0 Å². The number of benzene rings is 3. The fourth-order valence-corrected chi connectivity index (χ4v) is 3.60. The van der Waals surface area contributed by atoms with E-state index in [4.69, 9.17) is 10.5 Å². The van der Waals surface area contributed by atoms with E-state index in [0.717, 1.165) is 22.6 Å². The third kappa shape index (κ3) is 6.65. The van der Waals surface area contributed by atoms with E-state index in [-0.39, 0.29) is 18.3 Å². The van der Waals surface area contributed by atoms with E-state index in [1.54, 1.807) is 6.07 Å². The molecule has 0 bridgehead atoms. The molecule has 0 unspecified atom stereocenters. The minimum Gasteiger partial charge on any atom is -0.457 e. The Kier molecular flexibility index (Phi) is 6.51. The van der Waals surface area contributed by atoms with Gasteiger partial charge in [0, 0.05) is 18.0 Å². The SMILES string of the molecule is CS(=O)(=O)Cc1ccccc1CN=C(N)Nc1cccc(Oc2ccccc2)c1. The first-order valence-electron chi connectivity index (χ1n) is 9.03. The molecule has 0 fully saturated rings. The first kappa shape index (κ1) is 20.4. The molecule has 0 heterocycles. The van der Waals surface area contributed by atoms with Crippen molar-refractivity contribution in [2.24, 2.45) is 10.7 Å². The number of guanidine groups is 1. The maximum Gasteiger partial charge on any atom is 0.193 e. The van der Waals surface area contributed by atoms with Crippen LogP contribution >= 0.6 is 0 Å². The van der Waals surface area contributed by atoms with Crippen molar-refractivity contribution >= 4 is 21.5 Å². The zero-order valence-corrected chi connectivity index (χ0v) is 16.9. The number of hydrogen-bond donors (Lipinski definition) is 2. The summed E-state index contributed by atoms with van der Waals surface area (Å²) in [6, 6.07) is 24.2. The van der Waals surface area contributed by atoms with Gasteiger partial charge in [-0.3, -0.25) is 0 Å². The predicted molar refractivity (Wildman–Crippen MR) is 117 cm³/mol. The van der Waals surface area contributed by atoms with Gasteiger partial charge in [-0.05, 0) is 35.4 Å². The number of para-hydroxylation sites is 1. The molecule has 0 aliphatic heterocycles. The minimum absolute atomic E-state index is 0.0229. The summed E-state index contributed by atoms with van der Waals surface area (Å²) in [5, 5.41) is 3.04. The van der Waals surface area contributed by atoms with Crippen LogP contribution in [0.15, 0.2) is 83.9 Å². The molecule has 3 aromatic rings. The van der Waals surface area contributed by atoms with Crippen LogP contribution in [0.3, 0.4) is 0 Å². The highest BCUT2D eigenvalue weighted by molar-refractivity contribution is 7.89. The zero-order valence-electron chi connectivity index (χ0n) is 16.1. The van der Waals surface area contributed by atoms with Crippen molar-refractivity contribution in [2.45, 2.75) is 12.3 Å². The van der Waals surface area contributed by atoms with Crippen molar-refractivity contribution < 1.29 is 13.2 Å². The average Bonchev–Trinajstić information content (AvgIpc) is 2.67. The molecule has 3 rings (SSSR count). The van der Waals surface area contributed by atoms with Gasteiger partial charge in [0.25, 0.3) is 0 Å². The van der Waals surface area contributed by atoms with Gasteiger partial charge < -0.3 is 15.8 Å². The lowest BCUT2D eigenvalue weighted by Crippen LogP contribution is -2.22. The van der Waals surface area contributed by atoms with Gasteiger partial charge in [0.05, 0.1) is 12.3 Å². The van der Waals surface area contributed by atoms with Gasteiger partial charge in [0.15, 0.2) is 15.8 Å².